The molecule has 0 aromatic heterocycles. The van der Waals surface area contributed by atoms with Gasteiger partial charge in [0.15, 0.2) is 0 Å². The Balaban J connectivity index is 2.43. The molecule has 0 aliphatic heterocycles. The molecule has 0 saturated carbocycles. The first-order valence-electron chi connectivity index (χ1n) is 5.99. The average Bonchev–Trinajstić information content (AvgIpc) is 2.77. The molecule has 1 aliphatic carbocycles. The Morgan fingerprint density at radius 3 is 2.47 bits per heavy atom. The van der Waals surface area contributed by atoms with Crippen LogP contribution in [-0.4, -0.2) is 29.2 Å². The van der Waals surface area contributed by atoms with Crippen molar-refractivity contribution < 1.29 is 14.7 Å². The van der Waals surface area contributed by atoms with Gasteiger partial charge in [-0.15, -0.1) is 0 Å². The van der Waals surface area contributed by atoms with Crippen molar-refractivity contribution in [1.29, 1.82) is 0 Å². The van der Waals surface area contributed by atoms with E-state index < -0.39 is 18.0 Å². The van der Waals surface area contributed by atoms with Crippen LogP contribution >= 0.6 is 0 Å². The Morgan fingerprint density at radius 2 is 2.00 bits per heavy atom. The van der Waals surface area contributed by atoms with Crippen LogP contribution in [0.3, 0.4) is 0 Å². The lowest BCUT2D eigenvalue weighted by Gasteiger charge is -2.21. The Morgan fingerprint density at radius 1 is 1.41 bits per heavy atom. The molecule has 1 aliphatic rings. The molecule has 1 rings (SSSR count). The van der Waals surface area contributed by atoms with E-state index in [9.17, 15) is 9.59 Å². The van der Waals surface area contributed by atoms with Crippen molar-refractivity contribution in [3.8, 4) is 0 Å². The van der Waals surface area contributed by atoms with Gasteiger partial charge in [-0.1, -0.05) is 32.4 Å². The summed E-state index contributed by atoms with van der Waals surface area (Å²) in [4.78, 5) is 22.6. The Kier molecular flexibility index (Phi) is 5.00. The molecule has 5 heteroatoms. The molecular formula is C12H20N2O3. The first-order chi connectivity index (χ1) is 8.04. The highest BCUT2D eigenvalue weighted by atomic mass is 16.4. The zero-order chi connectivity index (χ0) is 12.8. The molecule has 5 nitrogen and oxygen atoms in total. The lowest BCUT2D eigenvalue weighted by Crippen LogP contribution is -2.51. The maximum Gasteiger partial charge on any atom is 0.326 e. The van der Waals surface area contributed by atoms with Crippen LogP contribution in [0, 0.1) is 5.92 Å². The zero-order valence-corrected chi connectivity index (χ0v) is 10.3. The van der Waals surface area contributed by atoms with E-state index >= 15 is 0 Å². The first kappa shape index (κ1) is 13.5. The quantitative estimate of drug-likeness (QED) is 0.637. The Bertz CT molecular complexity index is 307. The molecule has 0 bridgehead atoms. The maximum absolute atomic E-state index is 11.6. The lowest BCUT2D eigenvalue weighted by molar-refractivity contribution is -0.140. The molecule has 0 fully saturated rings. The fourth-order valence-corrected chi connectivity index (χ4v) is 1.79. The van der Waals surface area contributed by atoms with E-state index in [0.29, 0.717) is 6.42 Å². The summed E-state index contributed by atoms with van der Waals surface area (Å²) in [5.74, 6) is -1.07. The molecule has 96 valence electrons. The van der Waals surface area contributed by atoms with E-state index in [1.165, 1.54) is 0 Å². The van der Waals surface area contributed by atoms with Crippen molar-refractivity contribution in [3.63, 3.8) is 0 Å². The second kappa shape index (κ2) is 6.27. The van der Waals surface area contributed by atoms with Gasteiger partial charge in [-0.25, -0.2) is 9.59 Å². The van der Waals surface area contributed by atoms with Gasteiger partial charge in [0.05, 0.1) is 0 Å². The Hall–Kier alpha value is -1.52. The van der Waals surface area contributed by atoms with Gasteiger partial charge in [0, 0.05) is 6.04 Å². The smallest absolute Gasteiger partial charge is 0.326 e. The number of amides is 2. The van der Waals surface area contributed by atoms with E-state index in [-0.39, 0.29) is 12.0 Å². The lowest BCUT2D eigenvalue weighted by atomic mass is 9.99. The van der Waals surface area contributed by atoms with Gasteiger partial charge < -0.3 is 15.7 Å². The summed E-state index contributed by atoms with van der Waals surface area (Å²) in [7, 11) is 0. The highest BCUT2D eigenvalue weighted by Crippen LogP contribution is 2.10. The molecule has 2 atom stereocenters. The number of hydrogen-bond acceptors (Lipinski definition) is 2. The van der Waals surface area contributed by atoms with E-state index in [0.717, 1.165) is 12.8 Å². The molecule has 0 aromatic rings. The van der Waals surface area contributed by atoms with E-state index in [4.69, 9.17) is 5.11 Å². The van der Waals surface area contributed by atoms with Crippen LogP contribution in [0.4, 0.5) is 4.79 Å². The molecule has 0 spiro atoms. The molecule has 0 heterocycles. The topological polar surface area (TPSA) is 78.4 Å². The summed E-state index contributed by atoms with van der Waals surface area (Å²) in [5, 5.41) is 14.3. The van der Waals surface area contributed by atoms with Crippen molar-refractivity contribution in [3.05, 3.63) is 12.2 Å². The third-order valence-corrected chi connectivity index (χ3v) is 3.11. The number of carbonyl (C=O) groups is 2. The number of hydrogen-bond donors (Lipinski definition) is 3. The number of urea groups is 1. The third-order valence-electron chi connectivity index (χ3n) is 3.11. The van der Waals surface area contributed by atoms with Crippen LogP contribution in [0.15, 0.2) is 12.2 Å². The molecule has 3 N–H and O–H groups in total. The van der Waals surface area contributed by atoms with Crippen molar-refractivity contribution in [2.45, 2.75) is 45.2 Å². The normalized spacial score (nSPS) is 18.7. The van der Waals surface area contributed by atoms with Crippen molar-refractivity contribution in [1.82, 2.24) is 10.6 Å². The monoisotopic (exact) mass is 240 g/mol. The van der Waals surface area contributed by atoms with Gasteiger partial charge >= 0.3 is 12.0 Å². The van der Waals surface area contributed by atoms with E-state index in [2.05, 4.69) is 10.6 Å². The van der Waals surface area contributed by atoms with Crippen LogP contribution in [0.2, 0.25) is 0 Å². The van der Waals surface area contributed by atoms with Crippen molar-refractivity contribution in [2.24, 2.45) is 5.92 Å². The van der Waals surface area contributed by atoms with Crippen molar-refractivity contribution in [2.75, 3.05) is 0 Å². The number of carbonyl (C=O) groups excluding carboxylic acids is 1. The summed E-state index contributed by atoms with van der Waals surface area (Å²) in [6.07, 6.45) is 6.35. The second-order valence-corrected chi connectivity index (χ2v) is 4.46. The molecule has 0 aromatic carbocycles. The Labute approximate surface area is 101 Å². The summed E-state index contributed by atoms with van der Waals surface area (Å²) in [6, 6.07) is -1.12. The standard InChI is InChI=1S/C12H20N2O3/c1-3-8(2)10(11(15)16)14-12(17)13-9-6-4-5-7-9/h4-5,8-10H,3,6-7H2,1-2H3,(H,15,16)(H2,13,14,17)/t8?,10-/m0/s1. The predicted molar refractivity (Wildman–Crippen MR) is 64.7 cm³/mol. The zero-order valence-electron chi connectivity index (χ0n) is 10.3. The summed E-state index contributed by atoms with van der Waals surface area (Å²) in [5.41, 5.74) is 0. The average molecular weight is 240 g/mol. The highest BCUT2D eigenvalue weighted by Gasteiger charge is 2.26. The second-order valence-electron chi connectivity index (χ2n) is 4.46. The van der Waals surface area contributed by atoms with Crippen LogP contribution in [-0.2, 0) is 4.79 Å². The van der Waals surface area contributed by atoms with E-state index in [1.807, 2.05) is 26.0 Å². The molecule has 17 heavy (non-hydrogen) atoms. The maximum atomic E-state index is 11.6. The van der Waals surface area contributed by atoms with E-state index in [1.54, 1.807) is 0 Å². The fourth-order valence-electron chi connectivity index (χ4n) is 1.79. The minimum absolute atomic E-state index is 0.0834. The van der Waals surface area contributed by atoms with Gasteiger partial charge in [-0.05, 0) is 18.8 Å². The first-order valence-corrected chi connectivity index (χ1v) is 5.99. The van der Waals surface area contributed by atoms with Gasteiger partial charge in [0.1, 0.15) is 6.04 Å². The number of nitrogens with one attached hydrogen (secondary N) is 2. The van der Waals surface area contributed by atoms with Gasteiger partial charge in [-0.2, -0.15) is 0 Å². The molecule has 1 unspecified atom stereocenters. The summed E-state index contributed by atoms with van der Waals surface area (Å²) in [6.45, 7) is 3.72. The summed E-state index contributed by atoms with van der Waals surface area (Å²) >= 11 is 0. The largest absolute Gasteiger partial charge is 0.480 e. The number of carboxylic acid groups (broad SMARTS) is 1. The fraction of sp³-hybridized carbons (Fsp3) is 0.667. The minimum Gasteiger partial charge on any atom is -0.480 e. The van der Waals surface area contributed by atoms with Crippen LogP contribution in [0.5, 0.6) is 0 Å². The van der Waals surface area contributed by atoms with Crippen LogP contribution in [0.25, 0.3) is 0 Å². The predicted octanol–water partition coefficient (Wildman–Crippen LogP) is 1.50. The van der Waals surface area contributed by atoms with Gasteiger partial charge in [-0.3, -0.25) is 0 Å². The highest BCUT2D eigenvalue weighted by molar-refractivity contribution is 5.82. The van der Waals surface area contributed by atoms with Crippen LogP contribution in [0.1, 0.15) is 33.1 Å². The molecular weight excluding hydrogens is 220 g/mol. The number of aliphatic carboxylic acids is 1. The molecule has 2 amide bonds. The van der Waals surface area contributed by atoms with Gasteiger partial charge in [0.25, 0.3) is 0 Å². The summed E-state index contributed by atoms with van der Waals surface area (Å²) < 4.78 is 0. The number of rotatable bonds is 5. The van der Waals surface area contributed by atoms with Gasteiger partial charge in [0.2, 0.25) is 0 Å². The number of carboxylic acids is 1. The van der Waals surface area contributed by atoms with Crippen molar-refractivity contribution >= 4 is 12.0 Å². The molecule has 0 radical (unpaired) electrons. The SMILES string of the molecule is CCC(C)[C@H](NC(=O)NC1CC=CC1)C(=O)O. The third kappa shape index (κ3) is 4.09. The molecule has 0 saturated heterocycles. The minimum atomic E-state index is -0.987. The van der Waals surface area contributed by atoms with Crippen LogP contribution < -0.4 is 10.6 Å².